The van der Waals surface area contributed by atoms with Crippen LogP contribution in [0.2, 0.25) is 0 Å². The number of nitrogens with zero attached hydrogens (tertiary/aromatic N) is 4. The van der Waals surface area contributed by atoms with Gasteiger partial charge in [0.25, 0.3) is 5.91 Å². The number of likely N-dealkylation sites (N-methyl/N-ethyl adjacent to an activating group) is 1. The lowest BCUT2D eigenvalue weighted by atomic mass is 9.72. The number of hydrogen-bond acceptors (Lipinski definition) is 9. The molecule has 9 nitrogen and oxygen atoms in total. The maximum absolute atomic E-state index is 15.6. The van der Waals surface area contributed by atoms with Gasteiger partial charge in [0.1, 0.15) is 5.82 Å². The molecule has 218 valence electrons. The molecule has 5 rings (SSSR count). The van der Waals surface area contributed by atoms with E-state index in [1.807, 2.05) is 54.3 Å². The van der Waals surface area contributed by atoms with Crippen LogP contribution in [0.25, 0.3) is 0 Å². The fourth-order valence-corrected chi connectivity index (χ4v) is 6.86. The molecule has 2 amide bonds. The summed E-state index contributed by atoms with van der Waals surface area (Å²) >= 11 is 2.55. The van der Waals surface area contributed by atoms with Crippen LogP contribution in [-0.2, 0) is 10.2 Å². The van der Waals surface area contributed by atoms with E-state index in [0.29, 0.717) is 43.4 Å². The Morgan fingerprint density at radius 3 is 2.57 bits per heavy atom. The van der Waals surface area contributed by atoms with Gasteiger partial charge in [0.05, 0.1) is 21.8 Å². The summed E-state index contributed by atoms with van der Waals surface area (Å²) in [6.45, 7) is 3.73. The molecule has 1 aliphatic rings. The fraction of sp³-hybridized carbons (Fsp3) is 0.300. The number of carbonyl (C=O) groups excluding carboxylic acids is 2. The highest BCUT2D eigenvalue weighted by atomic mass is 32.2. The van der Waals surface area contributed by atoms with Gasteiger partial charge in [-0.25, -0.2) is 19.3 Å². The summed E-state index contributed by atoms with van der Waals surface area (Å²) in [6.07, 6.45) is 6.17. The average Bonchev–Trinajstić information content (AvgIpc) is 3.44. The molecule has 1 aliphatic heterocycles. The van der Waals surface area contributed by atoms with Crippen LogP contribution in [0.15, 0.2) is 76.2 Å². The lowest BCUT2D eigenvalue weighted by Gasteiger charge is -2.42. The van der Waals surface area contributed by atoms with Gasteiger partial charge in [0.15, 0.2) is 16.6 Å². The summed E-state index contributed by atoms with van der Waals surface area (Å²) in [7, 11) is 1.75. The topological polar surface area (TPSA) is 112 Å². The molecule has 3 N–H and O–H groups in total. The van der Waals surface area contributed by atoms with Gasteiger partial charge in [-0.1, -0.05) is 53.4 Å². The first-order valence-electron chi connectivity index (χ1n) is 13.6. The van der Waals surface area contributed by atoms with Crippen LogP contribution in [0, 0.1) is 12.7 Å². The second-order valence-corrected chi connectivity index (χ2v) is 12.5. The van der Waals surface area contributed by atoms with Crippen molar-refractivity contribution in [3.05, 3.63) is 89.8 Å². The largest absolute Gasteiger partial charge is 0.350 e. The number of carbonyl (C=O) groups is 2. The number of anilines is 2. The predicted octanol–water partition coefficient (Wildman–Crippen LogP) is 4.79. The van der Waals surface area contributed by atoms with E-state index in [9.17, 15) is 9.59 Å². The van der Waals surface area contributed by atoms with Crippen molar-refractivity contribution < 1.29 is 14.0 Å². The molecule has 0 spiro atoms. The molecule has 0 aliphatic carbocycles. The third-order valence-corrected chi connectivity index (χ3v) is 9.34. The lowest BCUT2D eigenvalue weighted by molar-refractivity contribution is -0.131. The van der Waals surface area contributed by atoms with Crippen molar-refractivity contribution in [2.45, 2.75) is 34.3 Å². The van der Waals surface area contributed by atoms with Crippen molar-refractivity contribution in [1.82, 2.24) is 30.5 Å². The fourth-order valence-electron chi connectivity index (χ4n) is 4.99. The van der Waals surface area contributed by atoms with Crippen LogP contribution in [-0.4, -0.2) is 64.9 Å². The van der Waals surface area contributed by atoms with Gasteiger partial charge >= 0.3 is 0 Å². The SMILES string of the molecule is CNCC(=O)N1CCC(CNC(=O)c2nccc(Sc3cnc(Nc4cc(C)ccn4)s3)c2F)(c2ccccc2)CC1. The number of rotatable bonds is 10. The van der Waals surface area contributed by atoms with Crippen LogP contribution in [0.3, 0.4) is 0 Å². The van der Waals surface area contributed by atoms with E-state index in [1.165, 1.54) is 29.3 Å². The number of thiazole rings is 1. The molecule has 0 radical (unpaired) electrons. The normalized spacial score (nSPS) is 14.4. The first-order valence-corrected chi connectivity index (χ1v) is 15.2. The van der Waals surface area contributed by atoms with Gasteiger partial charge in [-0.2, -0.15) is 0 Å². The molecular formula is C30H32FN7O2S2. The molecule has 4 aromatic rings. The summed E-state index contributed by atoms with van der Waals surface area (Å²) in [4.78, 5) is 40.5. The molecule has 0 bridgehead atoms. The average molecular weight is 606 g/mol. The van der Waals surface area contributed by atoms with Crippen molar-refractivity contribution in [2.75, 3.05) is 38.5 Å². The molecule has 4 heterocycles. The number of piperidine rings is 1. The zero-order valence-corrected chi connectivity index (χ0v) is 25.0. The smallest absolute Gasteiger partial charge is 0.273 e. The van der Waals surface area contributed by atoms with Gasteiger partial charge in [-0.05, 0) is 56.1 Å². The van der Waals surface area contributed by atoms with Crippen LogP contribution in [0.4, 0.5) is 15.3 Å². The van der Waals surface area contributed by atoms with Crippen molar-refractivity contribution >= 4 is 45.9 Å². The maximum atomic E-state index is 15.6. The molecule has 3 aromatic heterocycles. The molecule has 0 unspecified atom stereocenters. The van der Waals surface area contributed by atoms with Crippen LogP contribution >= 0.6 is 23.1 Å². The standard InChI is InChI=1S/C30H32FN7O2S2/c1-20-8-12-33-23(16-20)37-29-35-18-25(42-29)41-22-9-13-34-27(26(22)31)28(40)36-19-30(21-6-4-3-5-7-21)10-14-38(15-11-30)24(39)17-32-2/h3-9,12-13,16,18,32H,10-11,14-15,17,19H2,1-2H3,(H,36,40)(H,33,35,37). The summed E-state index contributed by atoms with van der Waals surface area (Å²) in [5.74, 6) is -0.515. The van der Waals surface area contributed by atoms with Gasteiger partial charge in [-0.15, -0.1) is 0 Å². The number of pyridine rings is 2. The van der Waals surface area contributed by atoms with E-state index in [4.69, 9.17) is 0 Å². The minimum absolute atomic E-state index is 0.0551. The van der Waals surface area contributed by atoms with Crippen molar-refractivity contribution in [2.24, 2.45) is 0 Å². The Hall–Kier alpha value is -3.87. The van der Waals surface area contributed by atoms with Gasteiger partial charge < -0.3 is 20.9 Å². The highest BCUT2D eigenvalue weighted by Crippen LogP contribution is 2.37. The van der Waals surface area contributed by atoms with Crippen LogP contribution in [0.5, 0.6) is 0 Å². The number of amides is 2. The Morgan fingerprint density at radius 1 is 1.07 bits per heavy atom. The van der Waals surface area contributed by atoms with Crippen molar-refractivity contribution in [1.29, 1.82) is 0 Å². The lowest BCUT2D eigenvalue weighted by Crippen LogP contribution is -2.51. The molecule has 1 aromatic carbocycles. The Balaban J connectivity index is 1.26. The van der Waals surface area contributed by atoms with Gasteiger partial charge in [0, 0.05) is 37.4 Å². The van der Waals surface area contributed by atoms with Crippen molar-refractivity contribution in [3.8, 4) is 0 Å². The predicted molar refractivity (Wildman–Crippen MR) is 163 cm³/mol. The first-order chi connectivity index (χ1) is 20.4. The number of aryl methyl sites for hydroxylation is 1. The zero-order chi connectivity index (χ0) is 29.5. The highest BCUT2D eigenvalue weighted by Gasteiger charge is 2.38. The number of nitrogens with one attached hydrogen (secondary N) is 3. The Kier molecular flexibility index (Phi) is 9.45. The number of hydrogen-bond donors (Lipinski definition) is 3. The monoisotopic (exact) mass is 605 g/mol. The third kappa shape index (κ3) is 6.94. The molecule has 12 heteroatoms. The Labute approximate surface area is 252 Å². The van der Waals surface area contributed by atoms with Gasteiger partial charge in [0.2, 0.25) is 5.91 Å². The van der Waals surface area contributed by atoms with E-state index in [1.54, 1.807) is 25.5 Å². The van der Waals surface area contributed by atoms with Crippen molar-refractivity contribution in [3.63, 3.8) is 0 Å². The first kappa shape index (κ1) is 29.6. The molecule has 1 saturated heterocycles. The third-order valence-electron chi connectivity index (χ3n) is 7.29. The molecule has 0 saturated carbocycles. The van der Waals surface area contributed by atoms with E-state index in [-0.39, 0.29) is 28.5 Å². The molecule has 1 fully saturated rings. The number of benzene rings is 1. The van der Waals surface area contributed by atoms with Crippen LogP contribution < -0.4 is 16.0 Å². The number of likely N-dealkylation sites (tertiary alicyclic amines) is 1. The second kappa shape index (κ2) is 13.4. The number of halogens is 1. The quantitative estimate of drug-likeness (QED) is 0.237. The summed E-state index contributed by atoms with van der Waals surface area (Å²) < 4.78 is 16.3. The van der Waals surface area contributed by atoms with Gasteiger partial charge in [-0.3, -0.25) is 9.59 Å². The maximum Gasteiger partial charge on any atom is 0.273 e. The highest BCUT2D eigenvalue weighted by molar-refractivity contribution is 8.01. The number of aromatic nitrogens is 3. The minimum Gasteiger partial charge on any atom is -0.350 e. The zero-order valence-electron chi connectivity index (χ0n) is 23.4. The molecule has 42 heavy (non-hydrogen) atoms. The van der Waals surface area contributed by atoms with E-state index < -0.39 is 11.7 Å². The molecule has 0 atom stereocenters. The van der Waals surface area contributed by atoms with E-state index in [0.717, 1.165) is 15.3 Å². The summed E-state index contributed by atoms with van der Waals surface area (Å²) in [5, 5.41) is 9.66. The minimum atomic E-state index is -0.676. The summed E-state index contributed by atoms with van der Waals surface area (Å²) in [6, 6.07) is 15.3. The summed E-state index contributed by atoms with van der Waals surface area (Å²) in [5.41, 5.74) is 1.52. The second-order valence-electron chi connectivity index (χ2n) is 10.1. The molecular weight excluding hydrogens is 574 g/mol. The Morgan fingerprint density at radius 2 is 1.83 bits per heavy atom. The van der Waals surface area contributed by atoms with E-state index >= 15 is 4.39 Å². The van der Waals surface area contributed by atoms with E-state index in [2.05, 4.69) is 30.9 Å². The van der Waals surface area contributed by atoms with Crippen LogP contribution in [0.1, 0.15) is 34.5 Å². The Bertz CT molecular complexity index is 1540.